The minimum atomic E-state index is -0.742. The van der Waals surface area contributed by atoms with E-state index < -0.39 is 12.1 Å². The summed E-state index contributed by atoms with van der Waals surface area (Å²) in [5, 5.41) is 19.2. The van der Waals surface area contributed by atoms with Gasteiger partial charge in [-0.25, -0.2) is 4.79 Å². The molecular formula is C15H14O4. The van der Waals surface area contributed by atoms with Crippen molar-refractivity contribution < 1.29 is 19.7 Å². The molecule has 1 atom stereocenters. The number of aliphatic hydroxyl groups excluding tert-OH is 1. The Morgan fingerprint density at radius 3 is 2.42 bits per heavy atom. The van der Waals surface area contributed by atoms with Crippen molar-refractivity contribution in [3.05, 3.63) is 59.7 Å². The summed E-state index contributed by atoms with van der Waals surface area (Å²) < 4.78 is 5.21. The zero-order valence-corrected chi connectivity index (χ0v) is 10.4. The maximum atomic E-state index is 11.9. The number of benzene rings is 2. The van der Waals surface area contributed by atoms with Gasteiger partial charge in [0.25, 0.3) is 0 Å². The second kappa shape index (κ2) is 5.54. The minimum Gasteiger partial charge on any atom is -0.507 e. The second-order valence-electron chi connectivity index (χ2n) is 4.12. The lowest BCUT2D eigenvalue weighted by atomic mass is 10.1. The van der Waals surface area contributed by atoms with Crippen LogP contribution in [0, 0.1) is 0 Å². The lowest BCUT2D eigenvalue weighted by Crippen LogP contribution is -2.10. The Kier molecular flexibility index (Phi) is 3.82. The smallest absolute Gasteiger partial charge is 0.347 e. The molecule has 2 rings (SSSR count). The normalized spacial score (nSPS) is 11.9. The molecule has 0 aliphatic carbocycles. The SMILES string of the molecule is CC(O)c1ccccc1OC(=O)c1ccccc1O. The molecule has 0 saturated heterocycles. The highest BCUT2D eigenvalue weighted by atomic mass is 16.5. The number of carbonyl (C=O) groups excluding carboxylic acids is 1. The average molecular weight is 258 g/mol. The maximum absolute atomic E-state index is 11.9. The highest BCUT2D eigenvalue weighted by Gasteiger charge is 2.16. The van der Waals surface area contributed by atoms with Gasteiger partial charge in [0.05, 0.1) is 6.10 Å². The molecule has 0 bridgehead atoms. The van der Waals surface area contributed by atoms with E-state index in [9.17, 15) is 15.0 Å². The first-order chi connectivity index (χ1) is 9.09. The van der Waals surface area contributed by atoms with Crippen molar-refractivity contribution in [1.82, 2.24) is 0 Å². The van der Waals surface area contributed by atoms with Gasteiger partial charge >= 0.3 is 5.97 Å². The highest BCUT2D eigenvalue weighted by molar-refractivity contribution is 5.93. The van der Waals surface area contributed by atoms with E-state index in [0.29, 0.717) is 5.56 Å². The summed E-state index contributed by atoms with van der Waals surface area (Å²) >= 11 is 0. The minimum absolute atomic E-state index is 0.0860. The Hall–Kier alpha value is -2.33. The Morgan fingerprint density at radius 1 is 1.11 bits per heavy atom. The summed E-state index contributed by atoms with van der Waals surface area (Å²) in [5.74, 6) is -0.515. The number of hydrogen-bond donors (Lipinski definition) is 2. The van der Waals surface area contributed by atoms with Gasteiger partial charge in [-0.2, -0.15) is 0 Å². The summed E-state index contributed by atoms with van der Waals surface area (Å²) in [7, 11) is 0. The first-order valence-electron chi connectivity index (χ1n) is 5.86. The van der Waals surface area contributed by atoms with Gasteiger partial charge in [0.1, 0.15) is 17.1 Å². The molecule has 4 nitrogen and oxygen atoms in total. The molecule has 0 aliphatic heterocycles. The van der Waals surface area contributed by atoms with E-state index in [-0.39, 0.29) is 17.1 Å². The van der Waals surface area contributed by atoms with E-state index in [0.717, 1.165) is 0 Å². The molecule has 1 unspecified atom stereocenters. The van der Waals surface area contributed by atoms with E-state index >= 15 is 0 Å². The van der Waals surface area contributed by atoms with Crippen molar-refractivity contribution in [2.45, 2.75) is 13.0 Å². The molecule has 0 spiro atoms. The Morgan fingerprint density at radius 2 is 1.74 bits per heavy atom. The highest BCUT2D eigenvalue weighted by Crippen LogP contribution is 2.26. The first-order valence-corrected chi connectivity index (χ1v) is 5.86. The Labute approximate surface area is 110 Å². The third-order valence-electron chi connectivity index (χ3n) is 2.70. The standard InChI is InChI=1S/C15H14O4/c1-10(16)11-6-3-5-9-14(11)19-15(18)12-7-2-4-8-13(12)17/h2-10,16-17H,1H3. The van der Waals surface area contributed by atoms with Crippen molar-refractivity contribution in [2.24, 2.45) is 0 Å². The fraction of sp³-hybridized carbons (Fsp3) is 0.133. The zero-order chi connectivity index (χ0) is 13.8. The van der Waals surface area contributed by atoms with Gasteiger partial charge < -0.3 is 14.9 Å². The van der Waals surface area contributed by atoms with E-state index in [1.54, 1.807) is 43.3 Å². The number of aromatic hydroxyl groups is 1. The monoisotopic (exact) mass is 258 g/mol. The topological polar surface area (TPSA) is 66.8 Å². The summed E-state index contributed by atoms with van der Waals surface area (Å²) in [6, 6.07) is 12.9. The van der Waals surface area contributed by atoms with Crippen LogP contribution in [0.25, 0.3) is 0 Å². The molecule has 0 aliphatic rings. The lowest BCUT2D eigenvalue weighted by Gasteiger charge is -2.12. The molecule has 0 amide bonds. The van der Waals surface area contributed by atoms with Crippen LogP contribution in [0.15, 0.2) is 48.5 Å². The fourth-order valence-corrected chi connectivity index (χ4v) is 1.72. The number of ether oxygens (including phenoxy) is 1. The van der Waals surface area contributed by atoms with Crippen molar-refractivity contribution in [2.75, 3.05) is 0 Å². The van der Waals surface area contributed by atoms with Crippen molar-refractivity contribution >= 4 is 5.97 Å². The molecule has 4 heteroatoms. The van der Waals surface area contributed by atoms with E-state index in [1.165, 1.54) is 12.1 Å². The van der Waals surface area contributed by atoms with E-state index in [4.69, 9.17) is 4.74 Å². The predicted octanol–water partition coefficient (Wildman–Crippen LogP) is 2.66. The molecule has 0 heterocycles. The number of phenols is 1. The lowest BCUT2D eigenvalue weighted by molar-refractivity contribution is 0.0725. The number of rotatable bonds is 3. The second-order valence-corrected chi connectivity index (χ2v) is 4.12. The van der Waals surface area contributed by atoms with Gasteiger partial charge in [-0.15, -0.1) is 0 Å². The molecule has 2 N–H and O–H groups in total. The Bertz CT molecular complexity index is 590. The number of esters is 1. The molecule has 0 fully saturated rings. The predicted molar refractivity (Wildman–Crippen MR) is 70.1 cm³/mol. The summed E-state index contributed by atoms with van der Waals surface area (Å²) in [5.41, 5.74) is 0.606. The zero-order valence-electron chi connectivity index (χ0n) is 10.4. The van der Waals surface area contributed by atoms with Gasteiger partial charge in [-0.3, -0.25) is 0 Å². The fourth-order valence-electron chi connectivity index (χ4n) is 1.72. The average Bonchev–Trinajstić information content (AvgIpc) is 2.39. The van der Waals surface area contributed by atoms with Gasteiger partial charge in [0.2, 0.25) is 0 Å². The quantitative estimate of drug-likeness (QED) is 0.656. The molecule has 2 aromatic rings. The first kappa shape index (κ1) is 13.1. The van der Waals surface area contributed by atoms with Crippen molar-refractivity contribution in [1.29, 1.82) is 0 Å². The summed E-state index contributed by atoms with van der Waals surface area (Å²) in [6.07, 6.45) is -0.742. The molecule has 98 valence electrons. The molecule has 0 saturated carbocycles. The van der Waals surface area contributed by atoms with Crippen LogP contribution in [0.5, 0.6) is 11.5 Å². The van der Waals surface area contributed by atoms with Crippen molar-refractivity contribution in [3.8, 4) is 11.5 Å². The van der Waals surface area contributed by atoms with Gasteiger partial charge in [0.15, 0.2) is 0 Å². The number of phenolic OH excluding ortho intramolecular Hbond substituents is 1. The van der Waals surface area contributed by atoms with Crippen LogP contribution >= 0.6 is 0 Å². The van der Waals surface area contributed by atoms with E-state index in [2.05, 4.69) is 0 Å². The number of aliphatic hydroxyl groups is 1. The molecular weight excluding hydrogens is 244 g/mol. The van der Waals surface area contributed by atoms with Crippen LogP contribution in [-0.4, -0.2) is 16.2 Å². The number of para-hydroxylation sites is 2. The third-order valence-corrected chi connectivity index (χ3v) is 2.70. The largest absolute Gasteiger partial charge is 0.507 e. The summed E-state index contributed by atoms with van der Waals surface area (Å²) in [4.78, 5) is 11.9. The van der Waals surface area contributed by atoms with Crippen LogP contribution in [0.3, 0.4) is 0 Å². The number of hydrogen-bond acceptors (Lipinski definition) is 4. The van der Waals surface area contributed by atoms with Crippen LogP contribution in [-0.2, 0) is 0 Å². The van der Waals surface area contributed by atoms with E-state index in [1.807, 2.05) is 0 Å². The van der Waals surface area contributed by atoms with Crippen LogP contribution in [0.1, 0.15) is 28.9 Å². The molecule has 0 radical (unpaired) electrons. The van der Waals surface area contributed by atoms with Crippen molar-refractivity contribution in [3.63, 3.8) is 0 Å². The number of carbonyl (C=O) groups is 1. The van der Waals surface area contributed by atoms with Crippen LogP contribution < -0.4 is 4.74 Å². The summed E-state index contributed by atoms with van der Waals surface area (Å²) in [6.45, 7) is 1.59. The van der Waals surface area contributed by atoms with Gasteiger partial charge in [0, 0.05) is 5.56 Å². The molecule has 0 aromatic heterocycles. The van der Waals surface area contributed by atoms with Crippen LogP contribution in [0.2, 0.25) is 0 Å². The van der Waals surface area contributed by atoms with Gasteiger partial charge in [-0.05, 0) is 25.1 Å². The third kappa shape index (κ3) is 2.92. The maximum Gasteiger partial charge on any atom is 0.347 e. The Balaban J connectivity index is 2.27. The molecule has 2 aromatic carbocycles. The van der Waals surface area contributed by atoms with Crippen LogP contribution in [0.4, 0.5) is 0 Å². The van der Waals surface area contributed by atoms with Gasteiger partial charge in [-0.1, -0.05) is 30.3 Å². The molecule has 19 heavy (non-hydrogen) atoms.